The highest BCUT2D eigenvalue weighted by Gasteiger charge is 2.16. The Labute approximate surface area is 177 Å². The number of ether oxygens (including phenoxy) is 1. The molecule has 2 amide bonds. The van der Waals surface area contributed by atoms with Gasteiger partial charge in [-0.05, 0) is 31.5 Å². The van der Waals surface area contributed by atoms with E-state index in [-0.39, 0.29) is 30.3 Å². The third-order valence-electron chi connectivity index (χ3n) is 4.82. The van der Waals surface area contributed by atoms with Crippen LogP contribution in [0, 0.1) is 13.8 Å². The van der Waals surface area contributed by atoms with Crippen LogP contribution in [0.1, 0.15) is 22.7 Å². The maximum absolute atomic E-state index is 12.4. The summed E-state index contributed by atoms with van der Waals surface area (Å²) in [6.07, 6.45) is 0.433. The number of hydrogen-bond acceptors (Lipinski definition) is 6. The molecule has 158 valence electrons. The quantitative estimate of drug-likeness (QED) is 0.602. The number of carbonyl (C=O) groups is 2. The van der Waals surface area contributed by atoms with Gasteiger partial charge < -0.3 is 19.9 Å². The van der Waals surface area contributed by atoms with Gasteiger partial charge in [-0.3, -0.25) is 14.4 Å². The van der Waals surface area contributed by atoms with E-state index in [9.17, 15) is 14.4 Å². The zero-order valence-corrected chi connectivity index (χ0v) is 18.2. The molecule has 2 aromatic heterocycles. The van der Waals surface area contributed by atoms with Crippen LogP contribution in [0.3, 0.4) is 0 Å². The van der Waals surface area contributed by atoms with Crippen molar-refractivity contribution in [3.05, 3.63) is 50.9 Å². The highest BCUT2D eigenvalue weighted by molar-refractivity contribution is 7.18. The average Bonchev–Trinajstić information content (AvgIpc) is 3.00. The van der Waals surface area contributed by atoms with Crippen LogP contribution in [0.2, 0.25) is 0 Å². The first-order valence-corrected chi connectivity index (χ1v) is 10.3. The van der Waals surface area contributed by atoms with Gasteiger partial charge in [0, 0.05) is 36.5 Å². The predicted octanol–water partition coefficient (Wildman–Crippen LogP) is 2.64. The molecule has 9 heteroatoms. The van der Waals surface area contributed by atoms with E-state index < -0.39 is 0 Å². The number of anilines is 1. The van der Waals surface area contributed by atoms with E-state index in [1.165, 1.54) is 16.2 Å². The Bertz CT molecular complexity index is 1150. The minimum atomic E-state index is -0.309. The molecule has 1 aromatic carbocycles. The Morgan fingerprint density at radius 2 is 2.07 bits per heavy atom. The molecule has 3 aromatic rings. The standard InChI is InChI=1S/C21H24N4O4S/c1-12-13(2)30-21-19(12)20(28)23-16(24-21)8-9-18(27)25(3)11-17(26)22-14-6-5-7-15(10-14)29-4/h5-7,10H,8-9,11H2,1-4H3,(H,22,26)(H,23,24,28). The molecule has 0 aliphatic carbocycles. The Kier molecular flexibility index (Phi) is 6.51. The number of nitrogens with zero attached hydrogens (tertiary/aromatic N) is 2. The normalized spacial score (nSPS) is 10.8. The van der Waals surface area contributed by atoms with Crippen molar-refractivity contribution in [2.24, 2.45) is 0 Å². The van der Waals surface area contributed by atoms with Crippen LogP contribution in [0.5, 0.6) is 5.75 Å². The summed E-state index contributed by atoms with van der Waals surface area (Å²) in [6.45, 7) is 3.78. The first-order chi connectivity index (χ1) is 14.3. The smallest absolute Gasteiger partial charge is 0.259 e. The number of thiophene rings is 1. The van der Waals surface area contributed by atoms with Crippen LogP contribution in [0.4, 0.5) is 5.69 Å². The van der Waals surface area contributed by atoms with Crippen LogP contribution in [0.25, 0.3) is 10.2 Å². The van der Waals surface area contributed by atoms with Crippen molar-refractivity contribution in [1.29, 1.82) is 0 Å². The molecule has 30 heavy (non-hydrogen) atoms. The molecular formula is C21H24N4O4S. The van der Waals surface area contributed by atoms with Gasteiger partial charge in [0.2, 0.25) is 11.8 Å². The maximum Gasteiger partial charge on any atom is 0.259 e. The summed E-state index contributed by atoms with van der Waals surface area (Å²) in [7, 11) is 3.12. The second-order valence-electron chi connectivity index (χ2n) is 7.01. The number of amides is 2. The third-order valence-corrected chi connectivity index (χ3v) is 5.92. The number of aromatic amines is 1. The van der Waals surface area contributed by atoms with Crippen LogP contribution < -0.4 is 15.6 Å². The molecule has 0 unspecified atom stereocenters. The van der Waals surface area contributed by atoms with E-state index in [0.717, 1.165) is 10.4 Å². The summed E-state index contributed by atoms with van der Waals surface area (Å²) in [4.78, 5) is 47.3. The molecule has 0 saturated carbocycles. The van der Waals surface area contributed by atoms with Crippen LogP contribution >= 0.6 is 11.3 Å². The molecule has 0 bridgehead atoms. The zero-order valence-electron chi connectivity index (χ0n) is 17.4. The minimum absolute atomic E-state index is 0.0810. The van der Waals surface area contributed by atoms with Crippen molar-refractivity contribution >= 4 is 39.1 Å². The largest absolute Gasteiger partial charge is 0.497 e. The Hall–Kier alpha value is -3.20. The molecule has 3 rings (SSSR count). The third kappa shape index (κ3) is 4.85. The second-order valence-corrected chi connectivity index (χ2v) is 8.21. The van der Waals surface area contributed by atoms with Crippen LogP contribution in [0.15, 0.2) is 29.1 Å². The first-order valence-electron chi connectivity index (χ1n) is 9.45. The summed E-state index contributed by atoms with van der Waals surface area (Å²) in [6, 6.07) is 6.99. The summed E-state index contributed by atoms with van der Waals surface area (Å²) in [5.41, 5.74) is 1.35. The molecule has 2 heterocycles. The molecule has 0 saturated heterocycles. The molecule has 0 aliphatic rings. The lowest BCUT2D eigenvalue weighted by Gasteiger charge is -2.17. The van der Waals surface area contributed by atoms with Crippen molar-refractivity contribution in [3.63, 3.8) is 0 Å². The number of aromatic nitrogens is 2. The van der Waals surface area contributed by atoms with Crippen molar-refractivity contribution in [1.82, 2.24) is 14.9 Å². The molecule has 0 spiro atoms. The van der Waals surface area contributed by atoms with E-state index in [1.807, 2.05) is 13.8 Å². The summed E-state index contributed by atoms with van der Waals surface area (Å²) in [5.74, 6) is 0.580. The number of hydrogen-bond donors (Lipinski definition) is 2. The van der Waals surface area contributed by atoms with Gasteiger partial charge in [-0.2, -0.15) is 0 Å². The lowest BCUT2D eigenvalue weighted by Crippen LogP contribution is -2.35. The number of fused-ring (bicyclic) bond motifs is 1. The van der Waals surface area contributed by atoms with Gasteiger partial charge in [0.05, 0.1) is 19.0 Å². The summed E-state index contributed by atoms with van der Waals surface area (Å²) < 4.78 is 5.13. The second kappa shape index (κ2) is 9.08. The number of carbonyl (C=O) groups excluding carboxylic acids is 2. The molecule has 0 fully saturated rings. The van der Waals surface area contributed by atoms with Gasteiger partial charge in [-0.25, -0.2) is 4.98 Å². The van der Waals surface area contributed by atoms with E-state index in [1.54, 1.807) is 38.4 Å². The van der Waals surface area contributed by atoms with Gasteiger partial charge in [0.1, 0.15) is 16.4 Å². The number of aryl methyl sites for hydroxylation is 3. The van der Waals surface area contributed by atoms with Gasteiger partial charge in [-0.15, -0.1) is 11.3 Å². The number of benzene rings is 1. The number of likely N-dealkylation sites (N-methyl/N-ethyl adjacent to an activating group) is 1. The molecule has 8 nitrogen and oxygen atoms in total. The summed E-state index contributed by atoms with van der Waals surface area (Å²) >= 11 is 1.47. The van der Waals surface area contributed by atoms with Gasteiger partial charge in [-0.1, -0.05) is 6.07 Å². The van der Waals surface area contributed by atoms with Gasteiger partial charge in [0.15, 0.2) is 0 Å². The van der Waals surface area contributed by atoms with E-state index >= 15 is 0 Å². The highest BCUT2D eigenvalue weighted by atomic mass is 32.1. The number of rotatable bonds is 7. The number of H-pyrrole nitrogens is 1. The molecule has 2 N–H and O–H groups in total. The Morgan fingerprint density at radius 3 is 2.80 bits per heavy atom. The monoisotopic (exact) mass is 428 g/mol. The van der Waals surface area contributed by atoms with Crippen LogP contribution in [-0.2, 0) is 16.0 Å². The highest BCUT2D eigenvalue weighted by Crippen LogP contribution is 2.25. The molecule has 0 aliphatic heterocycles. The van der Waals surface area contributed by atoms with E-state index in [0.29, 0.717) is 33.9 Å². The van der Waals surface area contributed by atoms with Crippen molar-refractivity contribution < 1.29 is 14.3 Å². The van der Waals surface area contributed by atoms with E-state index in [4.69, 9.17) is 4.74 Å². The van der Waals surface area contributed by atoms with Gasteiger partial charge in [0.25, 0.3) is 5.56 Å². The van der Waals surface area contributed by atoms with Crippen LogP contribution in [-0.4, -0.2) is 47.4 Å². The van der Waals surface area contributed by atoms with Crippen molar-refractivity contribution in [2.75, 3.05) is 26.0 Å². The molecule has 0 atom stereocenters. The topological polar surface area (TPSA) is 104 Å². The molecular weight excluding hydrogens is 404 g/mol. The Morgan fingerprint density at radius 1 is 1.30 bits per heavy atom. The first kappa shape index (κ1) is 21.5. The summed E-state index contributed by atoms with van der Waals surface area (Å²) in [5, 5.41) is 3.35. The zero-order chi connectivity index (χ0) is 21.8. The lowest BCUT2D eigenvalue weighted by molar-refractivity contribution is -0.133. The average molecular weight is 429 g/mol. The van der Waals surface area contributed by atoms with Crippen molar-refractivity contribution in [3.8, 4) is 5.75 Å². The fourth-order valence-corrected chi connectivity index (χ4v) is 4.09. The SMILES string of the molecule is COc1cccc(NC(=O)CN(C)C(=O)CCc2nc3sc(C)c(C)c3c(=O)[nH]2)c1. The van der Waals surface area contributed by atoms with E-state index in [2.05, 4.69) is 15.3 Å². The predicted molar refractivity (Wildman–Crippen MR) is 117 cm³/mol. The number of methoxy groups -OCH3 is 1. The number of nitrogens with one attached hydrogen (secondary N) is 2. The maximum atomic E-state index is 12.4. The minimum Gasteiger partial charge on any atom is -0.497 e. The van der Waals surface area contributed by atoms with Crippen molar-refractivity contribution in [2.45, 2.75) is 26.7 Å². The van der Waals surface area contributed by atoms with Gasteiger partial charge >= 0.3 is 0 Å². The Balaban J connectivity index is 1.57. The fourth-order valence-electron chi connectivity index (χ4n) is 3.04. The fraction of sp³-hybridized carbons (Fsp3) is 0.333. The lowest BCUT2D eigenvalue weighted by atomic mass is 10.2. The molecule has 0 radical (unpaired) electrons.